The minimum absolute atomic E-state index is 0.204. The van der Waals surface area contributed by atoms with E-state index in [1.54, 1.807) is 35.1 Å². The first kappa shape index (κ1) is 16.3. The van der Waals surface area contributed by atoms with E-state index in [9.17, 15) is 4.79 Å². The molecule has 0 bridgehead atoms. The Labute approximate surface area is 143 Å². The van der Waals surface area contributed by atoms with Gasteiger partial charge in [-0.2, -0.15) is 5.10 Å². The molecule has 1 amide bonds. The highest BCUT2D eigenvalue weighted by Gasteiger charge is 2.22. The molecule has 1 aromatic carbocycles. The second-order valence-corrected chi connectivity index (χ2v) is 5.94. The summed E-state index contributed by atoms with van der Waals surface area (Å²) in [5.74, 6) is 0.365. The standard InChI is InChI=1S/C15H16Cl2N4O2/c16-11-2-1-3-12(17)10(11)9-21-14(4-5-19-21)20-15(22)13-8-18-6-7-23-13/h1-5,13,18H,6-9H2,(H,20,22)/t13-/m1/s1. The van der Waals surface area contributed by atoms with Crippen molar-refractivity contribution in [2.75, 3.05) is 25.0 Å². The van der Waals surface area contributed by atoms with Crippen LogP contribution in [0.3, 0.4) is 0 Å². The van der Waals surface area contributed by atoms with Crippen molar-refractivity contribution in [3.63, 3.8) is 0 Å². The zero-order chi connectivity index (χ0) is 16.2. The van der Waals surface area contributed by atoms with Crippen molar-refractivity contribution >= 4 is 34.9 Å². The summed E-state index contributed by atoms with van der Waals surface area (Å²) >= 11 is 12.4. The molecule has 122 valence electrons. The molecule has 3 rings (SSSR count). The lowest BCUT2D eigenvalue weighted by atomic mass is 10.2. The summed E-state index contributed by atoms with van der Waals surface area (Å²) in [5.41, 5.74) is 0.755. The largest absolute Gasteiger partial charge is 0.366 e. The minimum atomic E-state index is -0.504. The molecule has 0 aliphatic carbocycles. The van der Waals surface area contributed by atoms with E-state index in [-0.39, 0.29) is 5.91 Å². The lowest BCUT2D eigenvalue weighted by Crippen LogP contribution is -2.45. The third-order valence-corrected chi connectivity index (χ3v) is 4.27. The van der Waals surface area contributed by atoms with Gasteiger partial charge in [0, 0.05) is 34.8 Å². The Bertz CT molecular complexity index is 678. The van der Waals surface area contributed by atoms with Crippen molar-refractivity contribution in [3.8, 4) is 0 Å². The van der Waals surface area contributed by atoms with Crippen LogP contribution in [0.4, 0.5) is 5.82 Å². The van der Waals surface area contributed by atoms with Crippen LogP contribution in [0.5, 0.6) is 0 Å². The van der Waals surface area contributed by atoms with Crippen LogP contribution in [0.15, 0.2) is 30.5 Å². The summed E-state index contributed by atoms with van der Waals surface area (Å²) in [5, 5.41) is 11.3. The highest BCUT2D eigenvalue weighted by atomic mass is 35.5. The molecule has 1 aliphatic rings. The second kappa shape index (κ2) is 7.31. The van der Waals surface area contributed by atoms with Crippen LogP contribution in [0, 0.1) is 0 Å². The van der Waals surface area contributed by atoms with E-state index >= 15 is 0 Å². The second-order valence-electron chi connectivity index (χ2n) is 5.13. The van der Waals surface area contributed by atoms with E-state index < -0.39 is 6.10 Å². The molecule has 0 spiro atoms. The molecule has 6 nitrogen and oxygen atoms in total. The van der Waals surface area contributed by atoms with Crippen molar-refractivity contribution in [2.24, 2.45) is 0 Å². The van der Waals surface area contributed by atoms with E-state index in [1.807, 2.05) is 0 Å². The average Bonchev–Trinajstić information content (AvgIpc) is 2.99. The smallest absolute Gasteiger partial charge is 0.255 e. The van der Waals surface area contributed by atoms with Gasteiger partial charge in [0.1, 0.15) is 11.9 Å². The number of carbonyl (C=O) groups excluding carboxylic acids is 1. The maximum absolute atomic E-state index is 12.2. The molecule has 23 heavy (non-hydrogen) atoms. The van der Waals surface area contributed by atoms with E-state index in [2.05, 4.69) is 15.7 Å². The summed E-state index contributed by atoms with van der Waals surface area (Å²) in [6, 6.07) is 7.05. The van der Waals surface area contributed by atoms with E-state index in [4.69, 9.17) is 27.9 Å². The molecule has 0 radical (unpaired) electrons. The molecular weight excluding hydrogens is 339 g/mol. The lowest BCUT2D eigenvalue weighted by molar-refractivity contribution is -0.128. The predicted molar refractivity (Wildman–Crippen MR) is 89.0 cm³/mol. The Balaban J connectivity index is 1.73. The monoisotopic (exact) mass is 354 g/mol. The van der Waals surface area contributed by atoms with Crippen LogP contribution >= 0.6 is 23.2 Å². The Morgan fingerprint density at radius 3 is 2.87 bits per heavy atom. The van der Waals surface area contributed by atoms with Gasteiger partial charge >= 0.3 is 0 Å². The topological polar surface area (TPSA) is 68.2 Å². The molecule has 2 aromatic rings. The molecule has 2 N–H and O–H groups in total. The Morgan fingerprint density at radius 2 is 2.17 bits per heavy atom. The highest BCUT2D eigenvalue weighted by molar-refractivity contribution is 6.35. The normalized spacial score (nSPS) is 17.9. The van der Waals surface area contributed by atoms with Crippen molar-refractivity contribution < 1.29 is 9.53 Å². The zero-order valence-electron chi connectivity index (χ0n) is 12.3. The van der Waals surface area contributed by atoms with Gasteiger partial charge in [0.05, 0.1) is 19.3 Å². The predicted octanol–water partition coefficient (Wildman–Crippen LogP) is 2.17. The van der Waals surface area contributed by atoms with Gasteiger partial charge in [-0.05, 0) is 12.1 Å². The third-order valence-electron chi connectivity index (χ3n) is 3.56. The van der Waals surface area contributed by atoms with Gasteiger partial charge in [-0.15, -0.1) is 0 Å². The summed E-state index contributed by atoms with van der Waals surface area (Å²) in [6.45, 7) is 2.14. The molecule has 1 atom stereocenters. The van der Waals surface area contributed by atoms with Gasteiger partial charge in [0.15, 0.2) is 0 Å². The molecule has 1 fully saturated rings. The number of hydrogen-bond donors (Lipinski definition) is 2. The van der Waals surface area contributed by atoms with Crippen LogP contribution in [-0.2, 0) is 16.1 Å². The number of aromatic nitrogens is 2. The van der Waals surface area contributed by atoms with E-state index in [0.717, 1.165) is 12.1 Å². The van der Waals surface area contributed by atoms with Crippen molar-refractivity contribution in [1.29, 1.82) is 0 Å². The van der Waals surface area contributed by atoms with Crippen LogP contribution < -0.4 is 10.6 Å². The Morgan fingerprint density at radius 1 is 1.39 bits per heavy atom. The van der Waals surface area contributed by atoms with Crippen molar-refractivity contribution in [2.45, 2.75) is 12.6 Å². The van der Waals surface area contributed by atoms with Gasteiger partial charge < -0.3 is 15.4 Å². The third kappa shape index (κ3) is 3.84. The summed E-state index contributed by atoms with van der Waals surface area (Å²) in [6.07, 6.45) is 1.11. The number of hydrogen-bond acceptors (Lipinski definition) is 4. The molecule has 1 saturated heterocycles. The number of benzene rings is 1. The number of nitrogens with one attached hydrogen (secondary N) is 2. The average molecular weight is 355 g/mol. The first-order valence-electron chi connectivity index (χ1n) is 7.23. The maximum Gasteiger partial charge on any atom is 0.255 e. The number of rotatable bonds is 4. The fourth-order valence-electron chi connectivity index (χ4n) is 2.34. The molecule has 0 saturated carbocycles. The number of amides is 1. The summed E-state index contributed by atoms with van der Waals surface area (Å²) in [7, 11) is 0. The maximum atomic E-state index is 12.2. The number of halogens is 2. The summed E-state index contributed by atoms with van der Waals surface area (Å²) in [4.78, 5) is 12.2. The van der Waals surface area contributed by atoms with Crippen LogP contribution in [0.1, 0.15) is 5.56 Å². The summed E-state index contributed by atoms with van der Waals surface area (Å²) < 4.78 is 7.08. The van der Waals surface area contributed by atoms with Crippen molar-refractivity contribution in [1.82, 2.24) is 15.1 Å². The highest BCUT2D eigenvalue weighted by Crippen LogP contribution is 2.26. The van der Waals surface area contributed by atoms with Gasteiger partial charge in [0.2, 0.25) is 0 Å². The molecule has 1 aromatic heterocycles. The van der Waals surface area contributed by atoms with Crippen LogP contribution in [0.25, 0.3) is 0 Å². The first-order chi connectivity index (χ1) is 11.1. The number of anilines is 1. The number of carbonyl (C=O) groups is 1. The quantitative estimate of drug-likeness (QED) is 0.882. The van der Waals surface area contributed by atoms with Crippen LogP contribution in [-0.4, -0.2) is 41.5 Å². The fourth-order valence-corrected chi connectivity index (χ4v) is 2.86. The molecular formula is C15H16Cl2N4O2. The van der Waals surface area contributed by atoms with Gasteiger partial charge in [-0.1, -0.05) is 29.3 Å². The van der Waals surface area contributed by atoms with Gasteiger partial charge in [0.25, 0.3) is 5.91 Å². The number of nitrogens with zero attached hydrogens (tertiary/aromatic N) is 2. The SMILES string of the molecule is O=C(Nc1ccnn1Cc1c(Cl)cccc1Cl)[C@H]1CNCCO1. The Hall–Kier alpha value is -1.60. The molecule has 2 heterocycles. The van der Waals surface area contributed by atoms with Crippen LogP contribution in [0.2, 0.25) is 10.0 Å². The number of ether oxygens (including phenoxy) is 1. The fraction of sp³-hybridized carbons (Fsp3) is 0.333. The zero-order valence-corrected chi connectivity index (χ0v) is 13.8. The molecule has 8 heteroatoms. The lowest BCUT2D eigenvalue weighted by Gasteiger charge is -2.22. The molecule has 1 aliphatic heterocycles. The minimum Gasteiger partial charge on any atom is -0.366 e. The van der Waals surface area contributed by atoms with Gasteiger partial charge in [-0.3, -0.25) is 4.79 Å². The van der Waals surface area contributed by atoms with Gasteiger partial charge in [-0.25, -0.2) is 4.68 Å². The number of morpholine rings is 1. The molecule has 0 unspecified atom stereocenters. The van der Waals surface area contributed by atoms with Crippen molar-refractivity contribution in [3.05, 3.63) is 46.1 Å². The van der Waals surface area contributed by atoms with E-state index in [0.29, 0.717) is 35.6 Å². The first-order valence-corrected chi connectivity index (χ1v) is 7.98. The van der Waals surface area contributed by atoms with E-state index in [1.165, 1.54) is 0 Å². The Kier molecular flexibility index (Phi) is 5.17.